The fourth-order valence-corrected chi connectivity index (χ4v) is 13.1. The highest BCUT2D eigenvalue weighted by atomic mass is 32.1. The van der Waals surface area contributed by atoms with Crippen LogP contribution in [0.3, 0.4) is 0 Å². The first-order chi connectivity index (χ1) is 26.6. The van der Waals surface area contributed by atoms with Gasteiger partial charge in [-0.15, -0.1) is 68.0 Å². The number of aromatic nitrogens is 2. The standard InChI is InChI=1S/C46H44N2S6/c1-3-5-7-9-11-33-13-15-39(49-33)41-21-23-45(53-41)43-19-17-37(51-43)31-25-27-47-35(29-31)36-30-32(26-28-48-36)38-18-20-44(52-38)46-24-22-42(54-46)40-16-14-34(50-40)12-10-8-6-4-2/h13-30H,3-12H2,1-2H3. The van der Waals surface area contributed by atoms with Gasteiger partial charge in [-0.25, -0.2) is 0 Å². The summed E-state index contributed by atoms with van der Waals surface area (Å²) in [6, 6.07) is 36.0. The molecule has 8 rings (SSSR count). The molecule has 8 heteroatoms. The molecule has 0 spiro atoms. The number of nitrogens with zero attached hydrogens (tertiary/aromatic N) is 2. The molecule has 8 aromatic rings. The minimum absolute atomic E-state index is 0.895. The first-order valence-corrected chi connectivity index (χ1v) is 24.0. The second-order valence-corrected chi connectivity index (χ2v) is 20.3. The molecule has 0 aliphatic rings. The Balaban J connectivity index is 0.936. The fraction of sp³-hybridized carbons (Fsp3) is 0.261. The van der Waals surface area contributed by atoms with Crippen LogP contribution < -0.4 is 0 Å². The van der Waals surface area contributed by atoms with Gasteiger partial charge < -0.3 is 0 Å². The maximum Gasteiger partial charge on any atom is 0.0892 e. The van der Waals surface area contributed by atoms with Gasteiger partial charge in [0.1, 0.15) is 0 Å². The van der Waals surface area contributed by atoms with Crippen molar-refractivity contribution in [2.45, 2.75) is 78.1 Å². The molecule has 0 fully saturated rings. The minimum Gasteiger partial charge on any atom is -0.255 e. The molecule has 2 nitrogen and oxygen atoms in total. The van der Waals surface area contributed by atoms with E-state index in [0.29, 0.717) is 0 Å². The number of pyridine rings is 2. The summed E-state index contributed by atoms with van der Waals surface area (Å²) in [7, 11) is 0. The molecule has 8 aromatic heterocycles. The first kappa shape index (κ1) is 37.4. The molecule has 0 bridgehead atoms. The highest BCUT2D eigenvalue weighted by molar-refractivity contribution is 7.28. The van der Waals surface area contributed by atoms with E-state index in [2.05, 4.69) is 111 Å². The van der Waals surface area contributed by atoms with E-state index in [1.807, 2.05) is 80.4 Å². The smallest absolute Gasteiger partial charge is 0.0892 e. The molecule has 274 valence electrons. The number of unbranched alkanes of at least 4 members (excludes halogenated alkanes) is 6. The molecule has 0 atom stereocenters. The number of aryl methyl sites for hydroxylation is 2. The number of thiophene rings is 6. The number of rotatable bonds is 17. The van der Waals surface area contributed by atoms with Gasteiger partial charge in [0.2, 0.25) is 0 Å². The molecule has 0 aromatic carbocycles. The van der Waals surface area contributed by atoms with E-state index in [0.717, 1.165) is 11.4 Å². The molecule has 0 saturated carbocycles. The van der Waals surface area contributed by atoms with Crippen molar-refractivity contribution < 1.29 is 0 Å². The zero-order chi connectivity index (χ0) is 36.7. The van der Waals surface area contributed by atoms with E-state index in [1.54, 1.807) is 0 Å². The van der Waals surface area contributed by atoms with Crippen molar-refractivity contribution in [1.29, 1.82) is 0 Å². The molecule has 0 aliphatic carbocycles. The van der Waals surface area contributed by atoms with Crippen molar-refractivity contribution in [3.05, 3.63) is 119 Å². The molecule has 54 heavy (non-hydrogen) atoms. The van der Waals surface area contributed by atoms with Crippen LogP contribution in [0.2, 0.25) is 0 Å². The molecular formula is C46H44N2S6. The van der Waals surface area contributed by atoms with Gasteiger partial charge in [0.05, 0.1) is 11.4 Å². The van der Waals surface area contributed by atoms with Crippen molar-refractivity contribution in [3.8, 4) is 71.3 Å². The lowest BCUT2D eigenvalue weighted by Crippen LogP contribution is -1.88. The van der Waals surface area contributed by atoms with Crippen molar-refractivity contribution in [3.63, 3.8) is 0 Å². The maximum absolute atomic E-state index is 4.76. The van der Waals surface area contributed by atoms with Crippen LogP contribution in [0, 0.1) is 0 Å². The minimum atomic E-state index is 0.895. The fourth-order valence-electron chi connectivity index (χ4n) is 6.65. The van der Waals surface area contributed by atoms with Crippen LogP contribution in [0.1, 0.15) is 75.0 Å². The molecular weight excluding hydrogens is 773 g/mol. The van der Waals surface area contributed by atoms with E-state index in [9.17, 15) is 0 Å². The van der Waals surface area contributed by atoms with Gasteiger partial charge in [-0.05, 0) is 134 Å². The van der Waals surface area contributed by atoms with Crippen LogP contribution in [-0.2, 0) is 12.8 Å². The lowest BCUT2D eigenvalue weighted by Gasteiger charge is -2.05. The SMILES string of the molecule is CCCCCCc1ccc(-c2ccc(-c3ccc(-c4ccnc(-c5cc(-c6ccc(-c7ccc(-c8ccc(CCCCCC)s8)s7)s6)ccn5)c4)s3)s2)s1. The molecule has 0 saturated heterocycles. The molecule has 0 N–H and O–H groups in total. The summed E-state index contributed by atoms with van der Waals surface area (Å²) in [5, 5.41) is 0. The van der Waals surface area contributed by atoms with Gasteiger partial charge in [0.25, 0.3) is 0 Å². The van der Waals surface area contributed by atoms with Gasteiger partial charge >= 0.3 is 0 Å². The topological polar surface area (TPSA) is 25.8 Å². The molecule has 0 radical (unpaired) electrons. The van der Waals surface area contributed by atoms with Crippen molar-refractivity contribution in [2.75, 3.05) is 0 Å². The third-order valence-corrected chi connectivity index (χ3v) is 17.1. The summed E-state index contributed by atoms with van der Waals surface area (Å²) >= 11 is 11.4. The van der Waals surface area contributed by atoms with Gasteiger partial charge in [0.15, 0.2) is 0 Å². The van der Waals surface area contributed by atoms with Crippen LogP contribution >= 0.6 is 68.0 Å². The number of hydrogen-bond donors (Lipinski definition) is 0. The summed E-state index contributed by atoms with van der Waals surface area (Å²) < 4.78 is 0. The molecule has 0 aliphatic heterocycles. The van der Waals surface area contributed by atoms with Gasteiger partial charge in [0, 0.05) is 70.9 Å². The summed E-state index contributed by atoms with van der Waals surface area (Å²) in [5.41, 5.74) is 4.14. The maximum atomic E-state index is 4.76. The van der Waals surface area contributed by atoms with Gasteiger partial charge in [-0.1, -0.05) is 52.4 Å². The highest BCUT2D eigenvalue weighted by Gasteiger charge is 2.14. The summed E-state index contributed by atoms with van der Waals surface area (Å²) in [6.07, 6.45) is 16.7. The molecule has 8 heterocycles. The zero-order valence-electron chi connectivity index (χ0n) is 30.8. The Morgan fingerprint density at radius 3 is 1.07 bits per heavy atom. The van der Waals surface area contributed by atoms with E-state index in [-0.39, 0.29) is 0 Å². The van der Waals surface area contributed by atoms with Crippen molar-refractivity contribution >= 4 is 68.0 Å². The zero-order valence-corrected chi connectivity index (χ0v) is 35.7. The average Bonchev–Trinajstić information content (AvgIpc) is 4.06. The lowest BCUT2D eigenvalue weighted by molar-refractivity contribution is 0.670. The second kappa shape index (κ2) is 18.0. The predicted molar refractivity (Wildman–Crippen MR) is 243 cm³/mol. The van der Waals surface area contributed by atoms with Crippen LogP contribution in [0.5, 0.6) is 0 Å². The predicted octanol–water partition coefficient (Wildman–Crippen LogP) is 16.8. The summed E-state index contributed by atoms with van der Waals surface area (Å²) in [5.74, 6) is 0. The van der Waals surface area contributed by atoms with E-state index in [4.69, 9.17) is 9.97 Å². The van der Waals surface area contributed by atoms with Crippen LogP contribution in [0.25, 0.3) is 71.3 Å². The Labute approximate surface area is 343 Å². The first-order valence-electron chi connectivity index (χ1n) is 19.1. The number of hydrogen-bond acceptors (Lipinski definition) is 8. The molecule has 0 amide bonds. The Hall–Kier alpha value is -3.50. The van der Waals surface area contributed by atoms with Crippen molar-refractivity contribution in [1.82, 2.24) is 9.97 Å². The summed E-state index contributed by atoms with van der Waals surface area (Å²) in [4.78, 5) is 25.8. The quantitative estimate of drug-likeness (QED) is 0.0856. The normalized spacial score (nSPS) is 11.5. The Morgan fingerprint density at radius 2 is 0.685 bits per heavy atom. The summed E-state index contributed by atoms with van der Waals surface area (Å²) in [6.45, 7) is 4.55. The largest absolute Gasteiger partial charge is 0.255 e. The van der Waals surface area contributed by atoms with E-state index in [1.165, 1.54) is 134 Å². The Bertz CT molecular complexity index is 2240. The molecule has 0 unspecified atom stereocenters. The van der Waals surface area contributed by atoms with Crippen LogP contribution in [0.15, 0.2) is 109 Å². The van der Waals surface area contributed by atoms with Gasteiger partial charge in [-0.2, -0.15) is 0 Å². The van der Waals surface area contributed by atoms with Crippen LogP contribution in [-0.4, -0.2) is 9.97 Å². The van der Waals surface area contributed by atoms with Crippen molar-refractivity contribution in [2.24, 2.45) is 0 Å². The average molecular weight is 817 g/mol. The van der Waals surface area contributed by atoms with Gasteiger partial charge in [-0.3, -0.25) is 9.97 Å². The second-order valence-electron chi connectivity index (χ2n) is 13.7. The Kier molecular flexibility index (Phi) is 12.5. The third kappa shape index (κ3) is 8.96. The Morgan fingerprint density at radius 1 is 0.352 bits per heavy atom. The lowest BCUT2D eigenvalue weighted by atomic mass is 10.1. The monoisotopic (exact) mass is 816 g/mol. The van der Waals surface area contributed by atoms with Crippen LogP contribution in [0.4, 0.5) is 0 Å². The van der Waals surface area contributed by atoms with E-state index < -0.39 is 0 Å². The highest BCUT2D eigenvalue weighted by Crippen LogP contribution is 2.44. The third-order valence-electron chi connectivity index (χ3n) is 9.62. The van der Waals surface area contributed by atoms with E-state index >= 15 is 0 Å².